The van der Waals surface area contributed by atoms with Crippen molar-refractivity contribution in [2.75, 3.05) is 38.6 Å². The number of halogens is 1. The van der Waals surface area contributed by atoms with Gasteiger partial charge in [0.05, 0.1) is 0 Å². The number of nitrogens with zero attached hydrogens (tertiary/aromatic N) is 4. The highest BCUT2D eigenvalue weighted by atomic mass is 35.5. The molecule has 0 amide bonds. The Labute approximate surface area is 102 Å². The fourth-order valence-corrected chi connectivity index (χ4v) is 1.59. The summed E-state index contributed by atoms with van der Waals surface area (Å²) in [5.41, 5.74) is 0. The van der Waals surface area contributed by atoms with Crippen LogP contribution in [0, 0.1) is 0 Å². The van der Waals surface area contributed by atoms with Crippen molar-refractivity contribution in [3.63, 3.8) is 0 Å². The molecule has 16 heavy (non-hydrogen) atoms. The highest BCUT2D eigenvalue weighted by Crippen LogP contribution is 2.11. The zero-order valence-electron chi connectivity index (χ0n) is 10.1. The minimum Gasteiger partial charge on any atom is -0.355 e. The summed E-state index contributed by atoms with van der Waals surface area (Å²) in [6.45, 7) is 5.12. The molecule has 1 aromatic heterocycles. The van der Waals surface area contributed by atoms with Crippen molar-refractivity contribution in [3.8, 4) is 0 Å². The summed E-state index contributed by atoms with van der Waals surface area (Å²) in [4.78, 5) is 4.38. The van der Waals surface area contributed by atoms with Crippen LogP contribution in [0.15, 0.2) is 12.1 Å². The lowest BCUT2D eigenvalue weighted by molar-refractivity contribution is 0.400. The molecule has 0 aliphatic heterocycles. The van der Waals surface area contributed by atoms with Crippen molar-refractivity contribution in [2.45, 2.75) is 13.3 Å². The smallest absolute Gasteiger partial charge is 0.151 e. The molecule has 1 rings (SSSR count). The Morgan fingerprint density at radius 3 is 2.44 bits per heavy atom. The van der Waals surface area contributed by atoms with Crippen LogP contribution in [0.3, 0.4) is 0 Å². The van der Waals surface area contributed by atoms with Gasteiger partial charge in [0.15, 0.2) is 11.0 Å². The minimum absolute atomic E-state index is 0.438. The molecule has 0 atom stereocenters. The van der Waals surface area contributed by atoms with Gasteiger partial charge in [0.1, 0.15) is 0 Å². The molecule has 4 nitrogen and oxygen atoms in total. The number of hydrogen-bond acceptors (Lipinski definition) is 4. The zero-order chi connectivity index (χ0) is 12.0. The Hall–Kier alpha value is -0.870. The first-order chi connectivity index (χ1) is 7.63. The lowest BCUT2D eigenvalue weighted by Crippen LogP contribution is -2.27. The molecule has 0 aliphatic carbocycles. The Kier molecular flexibility index (Phi) is 5.49. The van der Waals surface area contributed by atoms with Gasteiger partial charge in [-0.3, -0.25) is 0 Å². The van der Waals surface area contributed by atoms with Crippen LogP contribution in [0.2, 0.25) is 5.15 Å². The molecule has 0 unspecified atom stereocenters. The SMILES string of the molecule is CCN(CCCN(C)C)c1ccc(Cl)nn1. The van der Waals surface area contributed by atoms with E-state index in [2.05, 4.69) is 41.0 Å². The van der Waals surface area contributed by atoms with E-state index < -0.39 is 0 Å². The van der Waals surface area contributed by atoms with Gasteiger partial charge < -0.3 is 9.80 Å². The maximum Gasteiger partial charge on any atom is 0.151 e. The van der Waals surface area contributed by atoms with Gasteiger partial charge >= 0.3 is 0 Å². The third kappa shape index (κ3) is 4.33. The third-order valence-corrected chi connectivity index (χ3v) is 2.56. The van der Waals surface area contributed by atoms with E-state index in [1.807, 2.05) is 6.07 Å². The normalized spacial score (nSPS) is 10.8. The molecule has 90 valence electrons. The third-order valence-electron chi connectivity index (χ3n) is 2.36. The molecule has 0 N–H and O–H groups in total. The van der Waals surface area contributed by atoms with Crippen LogP contribution < -0.4 is 4.90 Å². The van der Waals surface area contributed by atoms with Crippen molar-refractivity contribution < 1.29 is 0 Å². The van der Waals surface area contributed by atoms with Crippen molar-refractivity contribution in [1.29, 1.82) is 0 Å². The van der Waals surface area contributed by atoms with Crippen LogP contribution in [0.1, 0.15) is 13.3 Å². The van der Waals surface area contributed by atoms with E-state index in [0.717, 1.165) is 31.9 Å². The van der Waals surface area contributed by atoms with E-state index in [0.29, 0.717) is 5.15 Å². The minimum atomic E-state index is 0.438. The van der Waals surface area contributed by atoms with Gasteiger partial charge in [-0.25, -0.2) is 0 Å². The molecular formula is C11H19ClN4. The van der Waals surface area contributed by atoms with Gasteiger partial charge in [-0.05, 0) is 46.1 Å². The summed E-state index contributed by atoms with van der Waals surface area (Å²) in [7, 11) is 4.16. The van der Waals surface area contributed by atoms with Crippen LogP contribution in [0.5, 0.6) is 0 Å². The molecule has 0 spiro atoms. The molecule has 0 aliphatic rings. The average Bonchev–Trinajstić information content (AvgIpc) is 2.26. The van der Waals surface area contributed by atoms with Gasteiger partial charge in [-0.1, -0.05) is 11.6 Å². The maximum atomic E-state index is 5.71. The van der Waals surface area contributed by atoms with E-state index in [1.54, 1.807) is 6.07 Å². The summed E-state index contributed by atoms with van der Waals surface area (Å²) in [6.07, 6.45) is 1.12. The first-order valence-corrected chi connectivity index (χ1v) is 5.90. The molecule has 0 saturated heterocycles. The van der Waals surface area contributed by atoms with Gasteiger partial charge in [0.2, 0.25) is 0 Å². The van der Waals surface area contributed by atoms with Crippen LogP contribution in [0.4, 0.5) is 5.82 Å². The number of hydrogen-bond donors (Lipinski definition) is 0. The fourth-order valence-electron chi connectivity index (χ4n) is 1.49. The van der Waals surface area contributed by atoms with Crippen LogP contribution in [-0.4, -0.2) is 48.8 Å². The second-order valence-electron chi connectivity index (χ2n) is 3.95. The first-order valence-electron chi connectivity index (χ1n) is 5.52. The standard InChI is InChI=1S/C11H19ClN4/c1-4-16(9-5-8-15(2)3)11-7-6-10(12)13-14-11/h6-7H,4-5,8-9H2,1-3H3. The summed E-state index contributed by atoms with van der Waals surface area (Å²) in [6, 6.07) is 3.69. The highest BCUT2D eigenvalue weighted by molar-refractivity contribution is 6.29. The summed E-state index contributed by atoms with van der Waals surface area (Å²) in [5.74, 6) is 0.894. The van der Waals surface area contributed by atoms with Crippen LogP contribution in [0.25, 0.3) is 0 Å². The van der Waals surface area contributed by atoms with Gasteiger partial charge in [0.25, 0.3) is 0 Å². The predicted octanol–water partition coefficient (Wildman–Crippen LogP) is 1.91. The summed E-state index contributed by atoms with van der Waals surface area (Å²) in [5, 5.41) is 8.37. The molecule has 0 aromatic carbocycles. The van der Waals surface area contributed by atoms with E-state index >= 15 is 0 Å². The van der Waals surface area contributed by atoms with Crippen molar-refractivity contribution in [2.24, 2.45) is 0 Å². The van der Waals surface area contributed by atoms with Crippen LogP contribution in [-0.2, 0) is 0 Å². The Morgan fingerprint density at radius 2 is 1.94 bits per heavy atom. The molecule has 0 bridgehead atoms. The lowest BCUT2D eigenvalue weighted by atomic mass is 10.3. The summed E-state index contributed by atoms with van der Waals surface area (Å²) >= 11 is 5.71. The van der Waals surface area contributed by atoms with Crippen molar-refractivity contribution in [3.05, 3.63) is 17.3 Å². The maximum absolute atomic E-state index is 5.71. The number of anilines is 1. The number of aromatic nitrogens is 2. The van der Waals surface area contributed by atoms with Crippen molar-refractivity contribution >= 4 is 17.4 Å². The van der Waals surface area contributed by atoms with E-state index in [4.69, 9.17) is 11.6 Å². The lowest BCUT2D eigenvalue weighted by Gasteiger charge is -2.22. The molecule has 0 radical (unpaired) electrons. The molecule has 0 fully saturated rings. The quantitative estimate of drug-likeness (QED) is 0.763. The van der Waals surface area contributed by atoms with E-state index in [9.17, 15) is 0 Å². The second kappa shape index (κ2) is 6.66. The van der Waals surface area contributed by atoms with Crippen molar-refractivity contribution in [1.82, 2.24) is 15.1 Å². The Bertz CT molecular complexity index is 299. The van der Waals surface area contributed by atoms with Crippen LogP contribution >= 0.6 is 11.6 Å². The van der Waals surface area contributed by atoms with Gasteiger partial charge in [-0.15, -0.1) is 10.2 Å². The molecule has 1 heterocycles. The second-order valence-corrected chi connectivity index (χ2v) is 4.34. The highest BCUT2D eigenvalue weighted by Gasteiger charge is 2.06. The van der Waals surface area contributed by atoms with Gasteiger partial charge in [0, 0.05) is 13.1 Å². The molecule has 1 aromatic rings. The average molecular weight is 243 g/mol. The molecule has 5 heteroatoms. The molecule has 0 saturated carbocycles. The van der Waals surface area contributed by atoms with Gasteiger partial charge in [-0.2, -0.15) is 0 Å². The van der Waals surface area contributed by atoms with E-state index in [-0.39, 0.29) is 0 Å². The predicted molar refractivity (Wildman–Crippen MR) is 68.1 cm³/mol. The topological polar surface area (TPSA) is 32.3 Å². The fraction of sp³-hybridized carbons (Fsp3) is 0.636. The monoisotopic (exact) mass is 242 g/mol. The zero-order valence-corrected chi connectivity index (χ0v) is 10.9. The first kappa shape index (κ1) is 13.2. The molecular weight excluding hydrogens is 224 g/mol. The summed E-state index contributed by atoms with van der Waals surface area (Å²) < 4.78 is 0. The van der Waals surface area contributed by atoms with E-state index in [1.165, 1.54) is 0 Å². The Balaban J connectivity index is 2.50. The largest absolute Gasteiger partial charge is 0.355 e. The Morgan fingerprint density at radius 1 is 1.19 bits per heavy atom. The number of rotatable bonds is 6.